The standard InChI is InChI=1S/C18H12N4O7S/c23-13-8-10(19-18-20(13)6-7-30-18)9-29-14(24)4-5-21-16(25)11-2-1-3-12(22(27)28)15(11)17(21)26/h1-3,6-8H,4-5,9H2. The van der Waals surface area contributed by atoms with Gasteiger partial charge in [-0.3, -0.25) is 38.6 Å². The summed E-state index contributed by atoms with van der Waals surface area (Å²) < 4.78 is 6.43. The van der Waals surface area contributed by atoms with Crippen LogP contribution in [-0.4, -0.2) is 43.5 Å². The molecular formula is C18H12N4O7S. The number of amides is 2. The zero-order valence-corrected chi connectivity index (χ0v) is 16.0. The molecule has 152 valence electrons. The van der Waals surface area contributed by atoms with Gasteiger partial charge in [0, 0.05) is 30.3 Å². The Balaban J connectivity index is 1.40. The Kier molecular flexibility index (Phi) is 4.83. The maximum atomic E-state index is 12.5. The SMILES string of the molecule is O=C(CCN1C(=O)c2cccc([N+](=O)[O-])c2C1=O)OCc1cc(=O)n2ccsc2n1. The second-order valence-corrected chi connectivity index (χ2v) is 7.14. The zero-order valence-electron chi connectivity index (χ0n) is 15.1. The molecule has 0 saturated carbocycles. The van der Waals surface area contributed by atoms with Gasteiger partial charge in [-0.25, -0.2) is 4.98 Å². The number of carbonyl (C=O) groups excluding carboxylic acids is 3. The van der Waals surface area contributed by atoms with Crippen LogP contribution in [0.25, 0.3) is 4.96 Å². The van der Waals surface area contributed by atoms with Crippen molar-refractivity contribution < 1.29 is 24.0 Å². The highest BCUT2D eigenvalue weighted by Gasteiger charge is 2.40. The van der Waals surface area contributed by atoms with Crippen LogP contribution in [0, 0.1) is 10.1 Å². The van der Waals surface area contributed by atoms with Crippen molar-refractivity contribution in [3.05, 3.63) is 73.1 Å². The molecule has 0 N–H and O–H groups in total. The van der Waals surface area contributed by atoms with Crippen LogP contribution in [0.15, 0.2) is 40.6 Å². The Bertz CT molecular complexity index is 1280. The molecule has 0 unspecified atom stereocenters. The predicted octanol–water partition coefficient (Wildman–Crippen LogP) is 1.39. The van der Waals surface area contributed by atoms with E-state index in [0.717, 1.165) is 11.0 Å². The number of nitrogens with zero attached hydrogens (tertiary/aromatic N) is 4. The van der Waals surface area contributed by atoms with Crippen LogP contribution in [0.3, 0.4) is 0 Å². The minimum Gasteiger partial charge on any atom is -0.459 e. The number of thiazole rings is 1. The summed E-state index contributed by atoms with van der Waals surface area (Å²) in [7, 11) is 0. The fourth-order valence-corrected chi connectivity index (χ4v) is 3.80. The first-order valence-electron chi connectivity index (χ1n) is 8.62. The lowest BCUT2D eigenvalue weighted by Crippen LogP contribution is -2.32. The Morgan fingerprint density at radius 2 is 2.03 bits per heavy atom. The van der Waals surface area contributed by atoms with E-state index in [9.17, 15) is 29.3 Å². The number of esters is 1. The lowest BCUT2D eigenvalue weighted by molar-refractivity contribution is -0.385. The smallest absolute Gasteiger partial charge is 0.307 e. The molecule has 0 spiro atoms. The summed E-state index contributed by atoms with van der Waals surface area (Å²) in [5.74, 6) is -2.24. The van der Waals surface area contributed by atoms with Gasteiger partial charge >= 0.3 is 5.97 Å². The minimum absolute atomic E-state index is 0.0727. The second-order valence-electron chi connectivity index (χ2n) is 6.27. The van der Waals surface area contributed by atoms with Crippen LogP contribution in [0.2, 0.25) is 0 Å². The Morgan fingerprint density at radius 1 is 1.23 bits per heavy atom. The average molecular weight is 428 g/mol. The van der Waals surface area contributed by atoms with Crippen molar-refractivity contribution >= 4 is 39.8 Å². The first kappa shape index (κ1) is 19.4. The number of nitro groups is 1. The summed E-state index contributed by atoms with van der Waals surface area (Å²) in [6.07, 6.45) is 1.27. The molecule has 0 fully saturated rings. The molecule has 4 rings (SSSR count). The first-order chi connectivity index (χ1) is 14.4. The van der Waals surface area contributed by atoms with Gasteiger partial charge in [-0.1, -0.05) is 6.07 Å². The molecule has 1 aromatic carbocycles. The topological polar surface area (TPSA) is 141 Å². The zero-order chi connectivity index (χ0) is 21.4. The molecule has 0 atom stereocenters. The number of nitro benzene ring substituents is 1. The van der Waals surface area contributed by atoms with Crippen molar-refractivity contribution in [3.63, 3.8) is 0 Å². The van der Waals surface area contributed by atoms with Gasteiger partial charge < -0.3 is 4.74 Å². The van der Waals surface area contributed by atoms with Gasteiger partial charge in [0.1, 0.15) is 12.2 Å². The van der Waals surface area contributed by atoms with E-state index >= 15 is 0 Å². The highest BCUT2D eigenvalue weighted by Crippen LogP contribution is 2.30. The van der Waals surface area contributed by atoms with Crippen molar-refractivity contribution in [2.75, 3.05) is 6.54 Å². The number of hydrogen-bond acceptors (Lipinski definition) is 9. The number of benzene rings is 1. The monoisotopic (exact) mass is 428 g/mol. The lowest BCUT2D eigenvalue weighted by Gasteiger charge is -2.13. The predicted molar refractivity (Wildman–Crippen MR) is 102 cm³/mol. The van der Waals surface area contributed by atoms with Gasteiger partial charge in [-0.2, -0.15) is 0 Å². The molecule has 1 aliphatic heterocycles. The maximum absolute atomic E-state index is 12.5. The van der Waals surface area contributed by atoms with Gasteiger partial charge in [0.2, 0.25) is 0 Å². The van der Waals surface area contributed by atoms with E-state index in [1.54, 1.807) is 11.6 Å². The largest absolute Gasteiger partial charge is 0.459 e. The number of carbonyl (C=O) groups is 3. The molecule has 2 amide bonds. The van der Waals surface area contributed by atoms with Crippen LogP contribution < -0.4 is 5.56 Å². The summed E-state index contributed by atoms with van der Waals surface area (Å²) >= 11 is 1.26. The van der Waals surface area contributed by atoms with Crippen LogP contribution >= 0.6 is 11.3 Å². The number of rotatable bonds is 6. The molecule has 0 radical (unpaired) electrons. The second kappa shape index (κ2) is 7.48. The molecule has 2 aromatic heterocycles. The third-order valence-electron chi connectivity index (χ3n) is 4.45. The quantitative estimate of drug-likeness (QED) is 0.248. The van der Waals surface area contributed by atoms with Gasteiger partial charge in [0.25, 0.3) is 23.1 Å². The third kappa shape index (κ3) is 3.33. The molecule has 12 heteroatoms. The summed E-state index contributed by atoms with van der Waals surface area (Å²) in [6.45, 7) is -0.529. The highest BCUT2D eigenvalue weighted by atomic mass is 32.1. The van der Waals surface area contributed by atoms with E-state index in [-0.39, 0.29) is 42.0 Å². The Morgan fingerprint density at radius 3 is 2.80 bits per heavy atom. The fraction of sp³-hybridized carbons (Fsp3) is 0.167. The van der Waals surface area contributed by atoms with E-state index in [0.29, 0.717) is 4.96 Å². The lowest BCUT2D eigenvalue weighted by atomic mass is 10.1. The fourth-order valence-electron chi connectivity index (χ4n) is 3.06. The molecule has 0 saturated heterocycles. The van der Waals surface area contributed by atoms with E-state index < -0.39 is 28.4 Å². The van der Waals surface area contributed by atoms with Gasteiger partial charge in [-0.15, -0.1) is 11.3 Å². The number of aromatic nitrogens is 2. The van der Waals surface area contributed by atoms with Gasteiger partial charge in [0.15, 0.2) is 4.96 Å². The molecule has 0 aliphatic carbocycles. The first-order valence-corrected chi connectivity index (χ1v) is 9.50. The van der Waals surface area contributed by atoms with E-state index in [1.165, 1.54) is 33.9 Å². The van der Waals surface area contributed by atoms with Crippen LogP contribution in [0.1, 0.15) is 32.8 Å². The average Bonchev–Trinajstić information content (AvgIpc) is 3.29. The normalized spacial score (nSPS) is 13.0. The van der Waals surface area contributed by atoms with Crippen LogP contribution in [0.4, 0.5) is 5.69 Å². The van der Waals surface area contributed by atoms with Crippen LogP contribution in [-0.2, 0) is 16.1 Å². The highest BCUT2D eigenvalue weighted by molar-refractivity contribution is 7.15. The molecule has 30 heavy (non-hydrogen) atoms. The van der Waals surface area contributed by atoms with E-state index in [1.807, 2.05) is 0 Å². The van der Waals surface area contributed by atoms with Crippen molar-refractivity contribution in [2.45, 2.75) is 13.0 Å². The van der Waals surface area contributed by atoms with Gasteiger partial charge in [0.05, 0.1) is 22.6 Å². The van der Waals surface area contributed by atoms with Gasteiger partial charge in [-0.05, 0) is 6.07 Å². The number of hydrogen-bond donors (Lipinski definition) is 0. The Labute approximate surface area is 171 Å². The Hall–Kier alpha value is -3.93. The van der Waals surface area contributed by atoms with Crippen molar-refractivity contribution in [1.82, 2.24) is 14.3 Å². The van der Waals surface area contributed by atoms with Crippen molar-refractivity contribution in [2.24, 2.45) is 0 Å². The van der Waals surface area contributed by atoms with Crippen molar-refractivity contribution in [3.8, 4) is 0 Å². The molecule has 11 nitrogen and oxygen atoms in total. The number of fused-ring (bicyclic) bond motifs is 2. The van der Waals surface area contributed by atoms with Crippen molar-refractivity contribution in [1.29, 1.82) is 0 Å². The molecule has 0 bridgehead atoms. The number of imide groups is 1. The molecule has 1 aliphatic rings. The summed E-state index contributed by atoms with van der Waals surface area (Å²) in [6, 6.07) is 5.03. The van der Waals surface area contributed by atoms with Crippen LogP contribution in [0.5, 0.6) is 0 Å². The van der Waals surface area contributed by atoms with E-state index in [4.69, 9.17) is 4.74 Å². The summed E-state index contributed by atoms with van der Waals surface area (Å²) in [4.78, 5) is 64.6. The molecule has 3 heterocycles. The molecule has 3 aromatic rings. The summed E-state index contributed by atoms with van der Waals surface area (Å²) in [5.41, 5.74) is -0.851. The third-order valence-corrected chi connectivity index (χ3v) is 5.21. The van der Waals surface area contributed by atoms with E-state index in [2.05, 4.69) is 4.98 Å². The molecular weight excluding hydrogens is 416 g/mol. The minimum atomic E-state index is -0.826. The maximum Gasteiger partial charge on any atom is 0.307 e. The summed E-state index contributed by atoms with van der Waals surface area (Å²) in [5, 5.41) is 12.8. The number of ether oxygens (including phenoxy) is 1.